The van der Waals surface area contributed by atoms with Crippen LogP contribution in [0.25, 0.3) is 0 Å². The molecule has 5 atom stereocenters. The molecule has 0 aromatic carbocycles. The van der Waals surface area contributed by atoms with E-state index in [0.717, 1.165) is 37.7 Å². The number of ether oxygens (including phenoxy) is 1. The molecule has 0 bridgehead atoms. The number of esters is 1. The number of ketones is 1. The van der Waals surface area contributed by atoms with Crippen molar-refractivity contribution in [1.82, 2.24) is 0 Å². The SMILES string of the molecule is C[C@@H]1CC[C@@]2(C)[C@H](CCC(=O)[C@]2(C)O)[C@@]1(C)CCC1=CC(=O)OC1. The summed E-state index contributed by atoms with van der Waals surface area (Å²) in [5.74, 6) is 0.622. The molecule has 0 saturated heterocycles. The molecule has 2 saturated carbocycles. The molecule has 0 aromatic heterocycles. The molecule has 0 unspecified atom stereocenters. The van der Waals surface area contributed by atoms with Gasteiger partial charge in [-0.3, -0.25) is 4.79 Å². The van der Waals surface area contributed by atoms with Crippen LogP contribution in [0.4, 0.5) is 0 Å². The second kappa shape index (κ2) is 5.69. The molecule has 0 amide bonds. The summed E-state index contributed by atoms with van der Waals surface area (Å²) in [6.07, 6.45) is 6.71. The molecule has 134 valence electrons. The van der Waals surface area contributed by atoms with E-state index in [9.17, 15) is 14.7 Å². The van der Waals surface area contributed by atoms with Crippen molar-refractivity contribution in [2.75, 3.05) is 6.61 Å². The number of fused-ring (bicyclic) bond motifs is 1. The Morgan fingerprint density at radius 1 is 1.25 bits per heavy atom. The van der Waals surface area contributed by atoms with Crippen molar-refractivity contribution in [3.8, 4) is 0 Å². The molecular weight excluding hydrogens is 304 g/mol. The smallest absolute Gasteiger partial charge is 0.331 e. The molecule has 0 aromatic rings. The first kappa shape index (κ1) is 17.7. The van der Waals surface area contributed by atoms with E-state index in [4.69, 9.17) is 4.74 Å². The highest BCUT2D eigenvalue weighted by Gasteiger charge is 2.62. The van der Waals surface area contributed by atoms with Gasteiger partial charge in [-0.2, -0.15) is 0 Å². The van der Waals surface area contributed by atoms with Gasteiger partial charge in [-0.1, -0.05) is 20.8 Å². The average molecular weight is 334 g/mol. The minimum Gasteiger partial charge on any atom is -0.458 e. The van der Waals surface area contributed by atoms with Crippen LogP contribution in [0, 0.1) is 22.7 Å². The van der Waals surface area contributed by atoms with E-state index < -0.39 is 5.60 Å². The lowest BCUT2D eigenvalue weighted by atomic mass is 9.43. The minimum absolute atomic E-state index is 0.00403. The topological polar surface area (TPSA) is 63.6 Å². The number of carbonyl (C=O) groups is 2. The second-order valence-electron chi connectivity index (χ2n) is 8.86. The third-order valence-electron chi connectivity index (χ3n) is 7.81. The van der Waals surface area contributed by atoms with E-state index in [2.05, 4.69) is 20.8 Å². The second-order valence-corrected chi connectivity index (χ2v) is 8.86. The Hall–Kier alpha value is -1.16. The number of rotatable bonds is 3. The molecule has 1 aliphatic heterocycles. The van der Waals surface area contributed by atoms with Gasteiger partial charge >= 0.3 is 5.97 Å². The fourth-order valence-corrected chi connectivity index (χ4v) is 5.57. The molecule has 1 N–H and O–H groups in total. The van der Waals surface area contributed by atoms with Gasteiger partial charge in [0.25, 0.3) is 0 Å². The van der Waals surface area contributed by atoms with E-state index >= 15 is 0 Å². The summed E-state index contributed by atoms with van der Waals surface area (Å²) < 4.78 is 5.02. The van der Waals surface area contributed by atoms with Crippen molar-refractivity contribution in [2.45, 2.75) is 71.8 Å². The summed E-state index contributed by atoms with van der Waals surface area (Å²) in [6.45, 7) is 8.88. The van der Waals surface area contributed by atoms with E-state index in [1.54, 1.807) is 13.0 Å². The van der Waals surface area contributed by atoms with E-state index in [1.165, 1.54) is 0 Å². The lowest BCUT2D eigenvalue weighted by Gasteiger charge is -2.62. The third kappa shape index (κ3) is 2.45. The molecule has 3 aliphatic rings. The van der Waals surface area contributed by atoms with Gasteiger partial charge < -0.3 is 9.84 Å². The first-order valence-corrected chi connectivity index (χ1v) is 9.23. The summed E-state index contributed by atoms with van der Waals surface area (Å²) in [4.78, 5) is 23.6. The van der Waals surface area contributed by atoms with Gasteiger partial charge in [0.15, 0.2) is 5.78 Å². The van der Waals surface area contributed by atoms with Crippen LogP contribution in [0.3, 0.4) is 0 Å². The Morgan fingerprint density at radius 3 is 2.58 bits per heavy atom. The maximum atomic E-state index is 12.4. The standard InChI is InChI=1S/C20H30O4/c1-13-7-10-19(3)15(5-6-16(21)20(19,4)23)18(13,2)9-8-14-11-17(22)24-12-14/h11,13,15,23H,5-10,12H2,1-4H3/t13-,15-,18+,19+,20+/m1/s1. The number of cyclic esters (lactones) is 1. The van der Waals surface area contributed by atoms with E-state index in [-0.39, 0.29) is 22.6 Å². The quantitative estimate of drug-likeness (QED) is 0.803. The summed E-state index contributed by atoms with van der Waals surface area (Å²) in [5.41, 5.74) is -0.466. The van der Waals surface area contributed by atoms with Crippen molar-refractivity contribution < 1.29 is 19.4 Å². The van der Waals surface area contributed by atoms with Gasteiger partial charge in [-0.15, -0.1) is 0 Å². The fourth-order valence-electron chi connectivity index (χ4n) is 5.57. The fraction of sp³-hybridized carbons (Fsp3) is 0.800. The molecule has 1 heterocycles. The van der Waals surface area contributed by atoms with Gasteiger partial charge in [0.2, 0.25) is 0 Å². The molecule has 4 nitrogen and oxygen atoms in total. The Kier molecular flexibility index (Phi) is 4.18. The van der Waals surface area contributed by atoms with Crippen molar-refractivity contribution in [1.29, 1.82) is 0 Å². The van der Waals surface area contributed by atoms with Gasteiger partial charge in [0.05, 0.1) is 0 Å². The van der Waals surface area contributed by atoms with Crippen LogP contribution in [-0.2, 0) is 14.3 Å². The zero-order valence-corrected chi connectivity index (χ0v) is 15.4. The van der Waals surface area contributed by atoms with Crippen molar-refractivity contribution in [3.63, 3.8) is 0 Å². The first-order valence-electron chi connectivity index (χ1n) is 9.23. The monoisotopic (exact) mass is 334 g/mol. The summed E-state index contributed by atoms with van der Waals surface area (Å²) in [7, 11) is 0. The Labute approximate surface area is 144 Å². The van der Waals surface area contributed by atoms with Crippen LogP contribution in [0.15, 0.2) is 11.6 Å². The highest BCUT2D eigenvalue weighted by Crippen LogP contribution is 2.63. The molecular formula is C20H30O4. The lowest BCUT2D eigenvalue weighted by Crippen LogP contribution is -2.63. The summed E-state index contributed by atoms with van der Waals surface area (Å²) in [6, 6.07) is 0. The third-order valence-corrected chi connectivity index (χ3v) is 7.81. The van der Waals surface area contributed by atoms with Crippen LogP contribution in [-0.4, -0.2) is 29.1 Å². The van der Waals surface area contributed by atoms with E-state index in [0.29, 0.717) is 24.9 Å². The molecule has 0 radical (unpaired) electrons. The molecule has 2 aliphatic carbocycles. The average Bonchev–Trinajstić information content (AvgIpc) is 2.93. The first-order chi connectivity index (χ1) is 11.1. The Bertz CT molecular complexity index is 590. The largest absolute Gasteiger partial charge is 0.458 e. The van der Waals surface area contributed by atoms with Crippen LogP contribution < -0.4 is 0 Å². The molecule has 24 heavy (non-hydrogen) atoms. The van der Waals surface area contributed by atoms with Gasteiger partial charge in [-0.25, -0.2) is 4.79 Å². The summed E-state index contributed by atoms with van der Waals surface area (Å²) >= 11 is 0. The normalized spacial score (nSPS) is 45.6. The Morgan fingerprint density at radius 2 is 1.96 bits per heavy atom. The van der Waals surface area contributed by atoms with Crippen molar-refractivity contribution >= 4 is 11.8 Å². The highest BCUT2D eigenvalue weighted by molar-refractivity contribution is 5.88. The van der Waals surface area contributed by atoms with E-state index in [1.807, 2.05) is 0 Å². The maximum Gasteiger partial charge on any atom is 0.331 e. The minimum atomic E-state index is -1.23. The number of carbonyl (C=O) groups excluding carboxylic acids is 2. The number of hydrogen-bond donors (Lipinski definition) is 1. The maximum absolute atomic E-state index is 12.4. The Balaban J connectivity index is 1.86. The van der Waals surface area contributed by atoms with Crippen molar-refractivity contribution in [2.24, 2.45) is 22.7 Å². The number of aliphatic hydroxyl groups is 1. The van der Waals surface area contributed by atoms with Crippen molar-refractivity contribution in [3.05, 3.63) is 11.6 Å². The molecule has 0 spiro atoms. The molecule has 4 heteroatoms. The van der Waals surface area contributed by atoms with Gasteiger partial charge in [0.1, 0.15) is 12.2 Å². The van der Waals surface area contributed by atoms with Crippen LogP contribution in [0.5, 0.6) is 0 Å². The lowest BCUT2D eigenvalue weighted by molar-refractivity contribution is -0.195. The zero-order valence-electron chi connectivity index (χ0n) is 15.4. The highest BCUT2D eigenvalue weighted by atomic mass is 16.5. The number of Topliss-reactive ketones (excluding diaryl/α,β-unsaturated/α-hetero) is 1. The van der Waals surface area contributed by atoms with Crippen LogP contribution in [0.1, 0.15) is 66.2 Å². The predicted octanol–water partition coefficient (Wildman–Crippen LogP) is 3.42. The molecule has 3 rings (SSSR count). The predicted molar refractivity (Wildman–Crippen MR) is 91.2 cm³/mol. The number of hydrogen-bond acceptors (Lipinski definition) is 4. The zero-order chi connectivity index (χ0) is 17.8. The van der Waals surface area contributed by atoms with Gasteiger partial charge in [0, 0.05) is 17.9 Å². The van der Waals surface area contributed by atoms with Gasteiger partial charge in [-0.05, 0) is 61.9 Å². The van der Waals surface area contributed by atoms with Crippen LogP contribution in [0.2, 0.25) is 0 Å². The molecule has 2 fully saturated rings. The van der Waals surface area contributed by atoms with Crippen LogP contribution >= 0.6 is 0 Å². The summed E-state index contributed by atoms with van der Waals surface area (Å²) in [5, 5.41) is 11.0.